The summed E-state index contributed by atoms with van der Waals surface area (Å²) in [5.74, 6) is 0.419. The Balaban J connectivity index is 1.57. The van der Waals surface area contributed by atoms with Gasteiger partial charge in [-0.2, -0.15) is 0 Å². The number of benzene rings is 1. The van der Waals surface area contributed by atoms with Crippen molar-refractivity contribution in [2.45, 2.75) is 13.2 Å². The second-order valence-corrected chi connectivity index (χ2v) is 8.94. The van der Waals surface area contributed by atoms with Crippen molar-refractivity contribution in [2.24, 2.45) is 5.41 Å². The number of nitrogens with zero attached hydrogens (tertiary/aromatic N) is 4. The summed E-state index contributed by atoms with van der Waals surface area (Å²) in [6.07, 6.45) is 0.841. The molecule has 3 aromatic rings. The van der Waals surface area contributed by atoms with Crippen molar-refractivity contribution in [1.29, 1.82) is 0 Å². The SMILES string of the molecule is CNc1nccc(-c2[nH]c(C3OCC(C)(C(=O)NCCN(C)C)CO3)nc2-c2ccc(F)cc2)n1. The summed E-state index contributed by atoms with van der Waals surface area (Å²) in [6, 6.07) is 7.80. The molecule has 1 aliphatic heterocycles. The third-order valence-corrected chi connectivity index (χ3v) is 5.70. The normalized spacial score (nSPS) is 20.1. The Morgan fingerprint density at radius 1 is 1.20 bits per heavy atom. The summed E-state index contributed by atoms with van der Waals surface area (Å²) in [5, 5.41) is 5.85. The molecule has 0 atom stereocenters. The summed E-state index contributed by atoms with van der Waals surface area (Å²) in [7, 11) is 5.63. The number of carbonyl (C=O) groups is 1. The van der Waals surface area contributed by atoms with E-state index in [9.17, 15) is 9.18 Å². The van der Waals surface area contributed by atoms with Crippen LogP contribution >= 0.6 is 0 Å². The highest BCUT2D eigenvalue weighted by molar-refractivity contribution is 5.82. The summed E-state index contributed by atoms with van der Waals surface area (Å²) in [5.41, 5.74) is 1.68. The Morgan fingerprint density at radius 3 is 2.57 bits per heavy atom. The monoisotopic (exact) mass is 483 g/mol. The number of halogens is 1. The number of anilines is 1. The molecule has 0 radical (unpaired) electrons. The molecule has 0 unspecified atom stereocenters. The molecule has 1 fully saturated rings. The first-order valence-corrected chi connectivity index (χ1v) is 11.3. The number of aromatic amines is 1. The van der Waals surface area contributed by atoms with Crippen LogP contribution in [0.15, 0.2) is 36.5 Å². The Bertz CT molecular complexity index is 1160. The number of carbonyl (C=O) groups excluding carboxylic acids is 1. The average molecular weight is 484 g/mol. The number of hydrogen-bond donors (Lipinski definition) is 3. The minimum Gasteiger partial charge on any atom is -0.357 e. The Morgan fingerprint density at radius 2 is 1.91 bits per heavy atom. The van der Waals surface area contributed by atoms with Crippen LogP contribution < -0.4 is 10.6 Å². The quantitative estimate of drug-likeness (QED) is 0.447. The Kier molecular flexibility index (Phi) is 7.39. The third-order valence-electron chi connectivity index (χ3n) is 5.70. The van der Waals surface area contributed by atoms with E-state index in [1.165, 1.54) is 12.1 Å². The fourth-order valence-corrected chi connectivity index (χ4v) is 3.63. The van der Waals surface area contributed by atoms with E-state index in [1.54, 1.807) is 31.4 Å². The van der Waals surface area contributed by atoms with Crippen molar-refractivity contribution in [2.75, 3.05) is 52.8 Å². The molecule has 186 valence electrons. The van der Waals surface area contributed by atoms with Gasteiger partial charge in [0.2, 0.25) is 18.1 Å². The molecule has 35 heavy (non-hydrogen) atoms. The van der Waals surface area contributed by atoms with E-state index in [2.05, 4.69) is 25.6 Å². The van der Waals surface area contributed by atoms with Crippen LogP contribution in [0.4, 0.5) is 10.3 Å². The van der Waals surface area contributed by atoms with Crippen LogP contribution in [0, 0.1) is 11.2 Å². The minimum atomic E-state index is -0.813. The highest BCUT2D eigenvalue weighted by Crippen LogP contribution is 2.35. The van der Waals surface area contributed by atoms with Gasteiger partial charge in [0.25, 0.3) is 0 Å². The molecule has 0 spiro atoms. The summed E-state index contributed by atoms with van der Waals surface area (Å²) in [4.78, 5) is 31.3. The highest BCUT2D eigenvalue weighted by atomic mass is 19.1. The standard InChI is InChI=1S/C24H30FN7O3/c1-24(22(33)27-11-12-32(3)4)13-34-21(35-14-24)20-30-18(15-5-7-16(25)8-6-15)19(31-20)17-9-10-28-23(26-2)29-17/h5-10,21H,11-14H2,1-4H3,(H,27,33)(H,30,31)(H,26,28,29). The molecule has 1 aromatic carbocycles. The van der Waals surface area contributed by atoms with E-state index in [0.717, 1.165) is 6.54 Å². The predicted molar refractivity (Wildman–Crippen MR) is 129 cm³/mol. The first-order valence-electron chi connectivity index (χ1n) is 11.3. The van der Waals surface area contributed by atoms with Crippen LogP contribution in [-0.4, -0.2) is 78.2 Å². The fourth-order valence-electron chi connectivity index (χ4n) is 3.63. The lowest BCUT2D eigenvalue weighted by molar-refractivity contribution is -0.231. The van der Waals surface area contributed by atoms with E-state index < -0.39 is 11.7 Å². The maximum absolute atomic E-state index is 13.5. The van der Waals surface area contributed by atoms with Gasteiger partial charge in [-0.15, -0.1) is 0 Å². The molecule has 0 aliphatic carbocycles. The molecule has 3 N–H and O–H groups in total. The van der Waals surface area contributed by atoms with E-state index in [-0.39, 0.29) is 24.9 Å². The molecular formula is C24H30FN7O3. The molecule has 10 nitrogen and oxygen atoms in total. The second-order valence-electron chi connectivity index (χ2n) is 8.94. The second kappa shape index (κ2) is 10.5. The predicted octanol–water partition coefficient (Wildman–Crippen LogP) is 2.44. The van der Waals surface area contributed by atoms with Gasteiger partial charge in [0.15, 0.2) is 5.82 Å². The minimum absolute atomic E-state index is 0.120. The number of ether oxygens (including phenoxy) is 2. The van der Waals surface area contributed by atoms with Crippen molar-refractivity contribution in [3.05, 3.63) is 48.2 Å². The number of imidazole rings is 1. The van der Waals surface area contributed by atoms with E-state index >= 15 is 0 Å². The van der Waals surface area contributed by atoms with Crippen molar-refractivity contribution in [3.8, 4) is 22.6 Å². The van der Waals surface area contributed by atoms with Gasteiger partial charge in [-0.25, -0.2) is 19.3 Å². The van der Waals surface area contributed by atoms with Gasteiger partial charge < -0.3 is 30.0 Å². The van der Waals surface area contributed by atoms with Crippen LogP contribution in [0.5, 0.6) is 0 Å². The lowest BCUT2D eigenvalue weighted by Crippen LogP contribution is -2.49. The van der Waals surface area contributed by atoms with Gasteiger partial charge in [0, 0.05) is 31.9 Å². The van der Waals surface area contributed by atoms with Crippen LogP contribution in [0.25, 0.3) is 22.6 Å². The lowest BCUT2D eigenvalue weighted by Gasteiger charge is -2.35. The zero-order valence-corrected chi connectivity index (χ0v) is 20.3. The van der Waals surface area contributed by atoms with E-state index in [4.69, 9.17) is 14.5 Å². The number of rotatable bonds is 8. The van der Waals surface area contributed by atoms with Crippen LogP contribution in [-0.2, 0) is 14.3 Å². The first-order chi connectivity index (χ1) is 16.8. The van der Waals surface area contributed by atoms with Gasteiger partial charge in [-0.1, -0.05) is 0 Å². The number of likely N-dealkylation sites (N-methyl/N-ethyl adjacent to an activating group) is 1. The van der Waals surface area contributed by atoms with E-state index in [0.29, 0.717) is 41.0 Å². The van der Waals surface area contributed by atoms with Crippen LogP contribution in [0.2, 0.25) is 0 Å². The smallest absolute Gasteiger partial charge is 0.230 e. The van der Waals surface area contributed by atoms with Gasteiger partial charge in [-0.05, 0) is 51.4 Å². The molecular weight excluding hydrogens is 453 g/mol. The lowest BCUT2D eigenvalue weighted by atomic mass is 9.91. The first kappa shape index (κ1) is 24.7. The maximum atomic E-state index is 13.5. The topological polar surface area (TPSA) is 117 Å². The molecule has 4 rings (SSSR count). The fraction of sp³-hybridized carbons (Fsp3) is 0.417. The van der Waals surface area contributed by atoms with Gasteiger partial charge in [0.1, 0.15) is 5.82 Å². The molecule has 1 saturated heterocycles. The number of aromatic nitrogens is 4. The molecule has 0 saturated carbocycles. The Labute approximate surface area is 203 Å². The number of hydrogen-bond acceptors (Lipinski definition) is 8. The Hall–Kier alpha value is -3.41. The number of H-pyrrole nitrogens is 1. The highest BCUT2D eigenvalue weighted by Gasteiger charge is 2.40. The van der Waals surface area contributed by atoms with Gasteiger partial charge >= 0.3 is 0 Å². The van der Waals surface area contributed by atoms with Crippen LogP contribution in [0.3, 0.4) is 0 Å². The zero-order valence-electron chi connectivity index (χ0n) is 20.3. The summed E-state index contributed by atoms with van der Waals surface area (Å²) < 4.78 is 25.4. The van der Waals surface area contributed by atoms with Gasteiger partial charge in [0.05, 0.1) is 35.7 Å². The summed E-state index contributed by atoms with van der Waals surface area (Å²) >= 11 is 0. The number of amides is 1. The van der Waals surface area contributed by atoms with Crippen molar-refractivity contribution in [3.63, 3.8) is 0 Å². The molecule has 2 aromatic heterocycles. The molecule has 3 heterocycles. The maximum Gasteiger partial charge on any atom is 0.230 e. The van der Waals surface area contributed by atoms with Gasteiger partial charge in [-0.3, -0.25) is 4.79 Å². The average Bonchev–Trinajstić information content (AvgIpc) is 3.30. The largest absolute Gasteiger partial charge is 0.357 e. The molecule has 11 heteroatoms. The molecule has 1 amide bonds. The molecule has 1 aliphatic rings. The van der Waals surface area contributed by atoms with Crippen LogP contribution in [0.1, 0.15) is 19.0 Å². The van der Waals surface area contributed by atoms with Crippen molar-refractivity contribution >= 4 is 11.9 Å². The van der Waals surface area contributed by atoms with E-state index in [1.807, 2.05) is 25.9 Å². The summed E-state index contributed by atoms with van der Waals surface area (Å²) in [6.45, 7) is 3.44. The third kappa shape index (κ3) is 5.64. The van der Waals surface area contributed by atoms with Crippen molar-refractivity contribution < 1.29 is 18.7 Å². The van der Waals surface area contributed by atoms with Crippen molar-refractivity contribution in [1.82, 2.24) is 30.2 Å². The zero-order chi connectivity index (χ0) is 25.0. The molecule has 0 bridgehead atoms. The number of nitrogens with one attached hydrogen (secondary N) is 3.